The van der Waals surface area contributed by atoms with E-state index in [9.17, 15) is 9.90 Å². The number of fused-ring (bicyclic) bond motifs is 1. The third-order valence-corrected chi connectivity index (χ3v) is 4.74. The molecule has 0 saturated heterocycles. The number of thiophene rings is 1. The minimum absolute atomic E-state index is 0.305. The summed E-state index contributed by atoms with van der Waals surface area (Å²) in [6.07, 6.45) is 1.45. The van der Waals surface area contributed by atoms with E-state index in [1.165, 1.54) is 23.2 Å². The Kier molecular flexibility index (Phi) is 3.54. The lowest BCUT2D eigenvalue weighted by atomic mass is 10.1. The van der Waals surface area contributed by atoms with E-state index >= 15 is 0 Å². The topological polar surface area (TPSA) is 75.1 Å². The Balaban J connectivity index is 2.13. The Bertz CT molecular complexity index is 886. The van der Waals surface area contributed by atoms with Gasteiger partial charge in [0.2, 0.25) is 0 Å². The standard InChI is InChI=1S/C16H15N3O2S/c1-8-4-5-11(9(2)6-8)19-14-12-10(3)13(16(20)21)22-15(12)18-7-17-14/h4-7H,1-3H3,(H,20,21)(H,17,18,19). The minimum atomic E-state index is -0.932. The molecule has 0 saturated carbocycles. The zero-order valence-corrected chi connectivity index (χ0v) is 13.3. The van der Waals surface area contributed by atoms with Crippen LogP contribution in [0.4, 0.5) is 11.5 Å². The second kappa shape index (κ2) is 5.38. The molecule has 0 bridgehead atoms. The molecular formula is C16H15N3O2S. The van der Waals surface area contributed by atoms with E-state index in [1.54, 1.807) is 6.92 Å². The van der Waals surface area contributed by atoms with Gasteiger partial charge in [0, 0.05) is 5.69 Å². The normalized spacial score (nSPS) is 10.9. The van der Waals surface area contributed by atoms with Crippen molar-refractivity contribution in [2.45, 2.75) is 20.8 Å². The van der Waals surface area contributed by atoms with Gasteiger partial charge in [-0.05, 0) is 38.0 Å². The first kappa shape index (κ1) is 14.5. The van der Waals surface area contributed by atoms with Crippen molar-refractivity contribution in [3.8, 4) is 0 Å². The third-order valence-electron chi connectivity index (χ3n) is 3.56. The number of aryl methyl sites for hydroxylation is 3. The number of carbonyl (C=O) groups is 1. The molecule has 0 amide bonds. The highest BCUT2D eigenvalue weighted by atomic mass is 32.1. The van der Waals surface area contributed by atoms with Crippen molar-refractivity contribution >= 4 is 39.0 Å². The van der Waals surface area contributed by atoms with Crippen LogP contribution >= 0.6 is 11.3 Å². The van der Waals surface area contributed by atoms with Crippen molar-refractivity contribution < 1.29 is 9.90 Å². The number of anilines is 2. The van der Waals surface area contributed by atoms with Crippen molar-refractivity contribution in [3.63, 3.8) is 0 Å². The maximum Gasteiger partial charge on any atom is 0.346 e. The van der Waals surface area contributed by atoms with Crippen molar-refractivity contribution in [2.75, 3.05) is 5.32 Å². The van der Waals surface area contributed by atoms with E-state index in [2.05, 4.69) is 21.4 Å². The van der Waals surface area contributed by atoms with Gasteiger partial charge in [0.05, 0.1) is 5.39 Å². The lowest BCUT2D eigenvalue weighted by Crippen LogP contribution is -1.98. The van der Waals surface area contributed by atoms with Gasteiger partial charge in [-0.2, -0.15) is 0 Å². The number of nitrogens with one attached hydrogen (secondary N) is 1. The maximum absolute atomic E-state index is 11.3. The minimum Gasteiger partial charge on any atom is -0.477 e. The third kappa shape index (κ3) is 2.42. The van der Waals surface area contributed by atoms with Gasteiger partial charge in [0.1, 0.15) is 21.9 Å². The quantitative estimate of drug-likeness (QED) is 0.762. The maximum atomic E-state index is 11.3. The molecule has 0 spiro atoms. The summed E-state index contributed by atoms with van der Waals surface area (Å²) in [5, 5.41) is 13.3. The molecule has 22 heavy (non-hydrogen) atoms. The molecule has 6 heteroatoms. The average molecular weight is 313 g/mol. The van der Waals surface area contributed by atoms with Gasteiger partial charge in [0.25, 0.3) is 0 Å². The zero-order valence-electron chi connectivity index (χ0n) is 12.5. The first-order valence-electron chi connectivity index (χ1n) is 6.79. The summed E-state index contributed by atoms with van der Waals surface area (Å²) in [5.41, 5.74) is 3.95. The lowest BCUT2D eigenvalue weighted by Gasteiger charge is -2.10. The van der Waals surface area contributed by atoms with E-state index in [0.29, 0.717) is 21.1 Å². The molecule has 0 aliphatic heterocycles. The molecule has 0 aliphatic carbocycles. The van der Waals surface area contributed by atoms with Gasteiger partial charge in [-0.1, -0.05) is 17.7 Å². The highest BCUT2D eigenvalue weighted by Crippen LogP contribution is 2.34. The molecule has 3 rings (SSSR count). The smallest absolute Gasteiger partial charge is 0.346 e. The molecule has 3 aromatic rings. The predicted molar refractivity (Wildman–Crippen MR) is 88.3 cm³/mol. The number of rotatable bonds is 3. The van der Waals surface area contributed by atoms with Crippen LogP contribution in [-0.4, -0.2) is 21.0 Å². The zero-order chi connectivity index (χ0) is 15.9. The number of nitrogens with zero attached hydrogens (tertiary/aromatic N) is 2. The summed E-state index contributed by atoms with van der Waals surface area (Å²) in [7, 11) is 0. The SMILES string of the molecule is Cc1ccc(Nc2ncnc3sc(C(=O)O)c(C)c23)c(C)c1. The van der Waals surface area contributed by atoms with Crippen LogP contribution in [-0.2, 0) is 0 Å². The van der Waals surface area contributed by atoms with Crippen LogP contribution in [0.2, 0.25) is 0 Å². The molecule has 2 heterocycles. The van der Waals surface area contributed by atoms with Gasteiger partial charge in [-0.25, -0.2) is 14.8 Å². The highest BCUT2D eigenvalue weighted by molar-refractivity contribution is 7.20. The summed E-state index contributed by atoms with van der Waals surface area (Å²) in [4.78, 5) is 20.8. The fourth-order valence-corrected chi connectivity index (χ4v) is 3.44. The molecule has 2 aromatic heterocycles. The monoisotopic (exact) mass is 313 g/mol. The largest absolute Gasteiger partial charge is 0.477 e. The van der Waals surface area contributed by atoms with Gasteiger partial charge in [0.15, 0.2) is 0 Å². The van der Waals surface area contributed by atoms with Crippen LogP contribution in [0.5, 0.6) is 0 Å². The first-order chi connectivity index (χ1) is 10.5. The number of aromatic carboxylic acids is 1. The molecule has 0 fully saturated rings. The number of carboxylic acids is 1. The summed E-state index contributed by atoms with van der Waals surface area (Å²) in [6.45, 7) is 5.86. The second-order valence-electron chi connectivity index (χ2n) is 5.21. The Morgan fingerprint density at radius 2 is 2.00 bits per heavy atom. The Hall–Kier alpha value is -2.47. The fraction of sp³-hybridized carbons (Fsp3) is 0.188. The molecule has 112 valence electrons. The summed E-state index contributed by atoms with van der Waals surface area (Å²) >= 11 is 1.17. The molecule has 5 nitrogen and oxygen atoms in total. The summed E-state index contributed by atoms with van der Waals surface area (Å²) < 4.78 is 0. The van der Waals surface area contributed by atoms with Gasteiger partial charge in [-0.3, -0.25) is 0 Å². The van der Waals surface area contributed by atoms with E-state index < -0.39 is 5.97 Å². The number of hydrogen-bond donors (Lipinski definition) is 2. The molecule has 2 N–H and O–H groups in total. The Morgan fingerprint density at radius 1 is 1.23 bits per heavy atom. The number of aromatic nitrogens is 2. The van der Waals surface area contributed by atoms with Gasteiger partial charge < -0.3 is 10.4 Å². The molecule has 0 unspecified atom stereocenters. The van der Waals surface area contributed by atoms with E-state index in [4.69, 9.17) is 0 Å². The van der Waals surface area contributed by atoms with Crippen LogP contribution in [0.1, 0.15) is 26.4 Å². The van der Waals surface area contributed by atoms with Crippen molar-refractivity contribution in [1.29, 1.82) is 0 Å². The predicted octanol–water partition coefficient (Wildman–Crippen LogP) is 4.06. The van der Waals surface area contributed by atoms with E-state index in [0.717, 1.165) is 16.6 Å². The van der Waals surface area contributed by atoms with Crippen LogP contribution in [0.25, 0.3) is 10.2 Å². The summed E-state index contributed by atoms with van der Waals surface area (Å²) in [6, 6.07) is 6.11. The Morgan fingerprint density at radius 3 is 2.68 bits per heavy atom. The Labute approximate surface area is 131 Å². The van der Waals surface area contributed by atoms with Crippen LogP contribution in [0.15, 0.2) is 24.5 Å². The van der Waals surface area contributed by atoms with Crippen LogP contribution in [0, 0.1) is 20.8 Å². The molecule has 0 atom stereocenters. The number of carboxylic acid groups (broad SMARTS) is 1. The second-order valence-corrected chi connectivity index (χ2v) is 6.21. The van der Waals surface area contributed by atoms with Gasteiger partial charge >= 0.3 is 5.97 Å². The first-order valence-corrected chi connectivity index (χ1v) is 7.60. The van der Waals surface area contributed by atoms with Crippen molar-refractivity contribution in [1.82, 2.24) is 9.97 Å². The molecule has 0 aliphatic rings. The highest BCUT2D eigenvalue weighted by Gasteiger charge is 2.18. The number of hydrogen-bond acceptors (Lipinski definition) is 5. The van der Waals surface area contributed by atoms with E-state index in [1.807, 2.05) is 26.0 Å². The molecular weight excluding hydrogens is 298 g/mol. The fourth-order valence-electron chi connectivity index (χ4n) is 2.45. The van der Waals surface area contributed by atoms with E-state index in [-0.39, 0.29) is 0 Å². The average Bonchev–Trinajstić information content (AvgIpc) is 2.80. The summed E-state index contributed by atoms with van der Waals surface area (Å²) in [5.74, 6) is -0.295. The van der Waals surface area contributed by atoms with Crippen LogP contribution < -0.4 is 5.32 Å². The number of benzene rings is 1. The molecule has 1 aromatic carbocycles. The lowest BCUT2D eigenvalue weighted by molar-refractivity contribution is 0.0701. The molecule has 0 radical (unpaired) electrons. The van der Waals surface area contributed by atoms with Gasteiger partial charge in [-0.15, -0.1) is 11.3 Å². The van der Waals surface area contributed by atoms with Crippen molar-refractivity contribution in [2.24, 2.45) is 0 Å². The van der Waals surface area contributed by atoms with Crippen molar-refractivity contribution in [3.05, 3.63) is 46.1 Å². The van der Waals surface area contributed by atoms with Crippen LogP contribution in [0.3, 0.4) is 0 Å².